The van der Waals surface area contributed by atoms with Crippen molar-refractivity contribution >= 4 is 40.6 Å². The highest BCUT2D eigenvalue weighted by atomic mass is 16.6. The molecule has 0 heterocycles. The zero-order valence-electron chi connectivity index (χ0n) is 28.1. The summed E-state index contributed by atoms with van der Waals surface area (Å²) in [6.45, 7) is 10.6. The van der Waals surface area contributed by atoms with Crippen molar-refractivity contribution in [3.8, 4) is 0 Å². The van der Waals surface area contributed by atoms with Crippen LogP contribution in [0.25, 0.3) is 10.8 Å². The van der Waals surface area contributed by atoms with Gasteiger partial charge in [-0.3, -0.25) is 9.59 Å². The number of methoxy groups -OCH3 is 1. The van der Waals surface area contributed by atoms with Crippen LogP contribution < -0.4 is 21.7 Å². The van der Waals surface area contributed by atoms with Gasteiger partial charge in [0.1, 0.15) is 23.3 Å². The summed E-state index contributed by atoms with van der Waals surface area (Å²) in [5.41, 5.74) is 5.57. The first kappa shape index (κ1) is 38.0. The van der Waals surface area contributed by atoms with Crippen LogP contribution >= 0.6 is 0 Å². The average Bonchev–Trinajstić information content (AvgIpc) is 2.95. The van der Waals surface area contributed by atoms with Gasteiger partial charge in [-0.05, 0) is 90.0 Å². The van der Waals surface area contributed by atoms with Crippen LogP contribution in [0.4, 0.5) is 4.79 Å². The van der Waals surface area contributed by atoms with E-state index in [1.54, 1.807) is 41.5 Å². The monoisotopic (exact) mass is 642 g/mol. The standard InChI is InChI=1S/C34H50N4O8/c1-33(2,3)45-28(39)18-17-27(31(42)46-34(4,5)6)38-32(43)37-26(30(41)44-7)14-10-11-19-36-29(40)25(35)21-22-15-16-23-12-8-9-13-24(23)20-22/h8-9,12-13,15-16,20,25-27H,10-11,14,17-19,21,35H2,1-7H3,(H,36,40)(H2,37,38,43)/t25-,26-,27-/m0/s1. The minimum absolute atomic E-state index is 0.0666. The van der Waals surface area contributed by atoms with Gasteiger partial charge in [-0.15, -0.1) is 0 Å². The highest BCUT2D eigenvalue weighted by molar-refractivity contribution is 5.87. The molecule has 0 unspecified atom stereocenters. The number of carbonyl (C=O) groups is 5. The fourth-order valence-corrected chi connectivity index (χ4v) is 4.55. The number of hydrogen-bond acceptors (Lipinski definition) is 9. The van der Waals surface area contributed by atoms with Crippen LogP contribution in [0.2, 0.25) is 0 Å². The topological polar surface area (TPSA) is 175 Å². The molecule has 0 radical (unpaired) electrons. The van der Waals surface area contributed by atoms with E-state index in [2.05, 4.69) is 16.0 Å². The van der Waals surface area contributed by atoms with E-state index < -0.39 is 53.3 Å². The van der Waals surface area contributed by atoms with Crippen LogP contribution in [0.15, 0.2) is 42.5 Å². The molecule has 0 saturated carbocycles. The number of ether oxygens (including phenoxy) is 3. The molecule has 0 aliphatic rings. The molecule has 0 aliphatic carbocycles. The van der Waals surface area contributed by atoms with Crippen molar-refractivity contribution in [1.29, 1.82) is 0 Å². The summed E-state index contributed by atoms with van der Waals surface area (Å²) in [7, 11) is 1.20. The van der Waals surface area contributed by atoms with Crippen LogP contribution in [0, 0.1) is 0 Å². The predicted octanol–water partition coefficient (Wildman–Crippen LogP) is 3.67. The first-order chi connectivity index (χ1) is 21.5. The first-order valence-corrected chi connectivity index (χ1v) is 15.6. The molecular formula is C34H50N4O8. The minimum atomic E-state index is -1.17. The second-order valence-electron chi connectivity index (χ2n) is 13.2. The van der Waals surface area contributed by atoms with Crippen molar-refractivity contribution in [3.05, 3.63) is 48.0 Å². The lowest BCUT2D eigenvalue weighted by Crippen LogP contribution is -2.52. The molecule has 0 saturated heterocycles. The van der Waals surface area contributed by atoms with E-state index in [0.717, 1.165) is 16.3 Å². The van der Waals surface area contributed by atoms with Gasteiger partial charge in [-0.2, -0.15) is 0 Å². The normalized spacial score (nSPS) is 13.6. The Morgan fingerprint density at radius 2 is 1.39 bits per heavy atom. The Morgan fingerprint density at radius 3 is 2.00 bits per heavy atom. The first-order valence-electron chi connectivity index (χ1n) is 15.6. The van der Waals surface area contributed by atoms with Gasteiger partial charge in [0.2, 0.25) is 5.91 Å². The van der Waals surface area contributed by atoms with E-state index in [9.17, 15) is 24.0 Å². The molecule has 46 heavy (non-hydrogen) atoms. The van der Waals surface area contributed by atoms with Gasteiger partial charge in [0, 0.05) is 13.0 Å². The lowest BCUT2D eigenvalue weighted by atomic mass is 10.0. The SMILES string of the molecule is COC(=O)[C@H](CCCCNC(=O)[C@@H](N)Cc1ccc2ccccc2c1)NC(=O)N[C@@H](CCC(=O)OC(C)(C)C)C(=O)OC(C)(C)C. The Balaban J connectivity index is 1.87. The molecule has 0 aliphatic heterocycles. The van der Waals surface area contributed by atoms with Gasteiger partial charge in [-0.1, -0.05) is 42.5 Å². The van der Waals surface area contributed by atoms with E-state index in [1.165, 1.54) is 7.11 Å². The summed E-state index contributed by atoms with van der Waals surface area (Å²) in [6.07, 6.45) is 1.38. The number of hydrogen-bond donors (Lipinski definition) is 4. The van der Waals surface area contributed by atoms with Gasteiger partial charge in [-0.25, -0.2) is 14.4 Å². The third-order valence-electron chi connectivity index (χ3n) is 6.67. The highest BCUT2D eigenvalue weighted by Gasteiger charge is 2.30. The molecule has 12 heteroatoms. The molecule has 2 rings (SSSR count). The van der Waals surface area contributed by atoms with Crippen molar-refractivity contribution in [3.63, 3.8) is 0 Å². The zero-order chi connectivity index (χ0) is 34.5. The molecule has 2 aromatic carbocycles. The molecule has 0 fully saturated rings. The van der Waals surface area contributed by atoms with Crippen molar-refractivity contribution < 1.29 is 38.2 Å². The summed E-state index contributed by atoms with van der Waals surface area (Å²) in [5.74, 6) is -2.21. The van der Waals surface area contributed by atoms with Crippen molar-refractivity contribution in [2.45, 2.75) is 109 Å². The van der Waals surface area contributed by atoms with Crippen molar-refractivity contribution in [2.75, 3.05) is 13.7 Å². The highest BCUT2D eigenvalue weighted by Crippen LogP contribution is 2.17. The van der Waals surface area contributed by atoms with Crippen LogP contribution in [0.3, 0.4) is 0 Å². The number of unbranched alkanes of at least 4 members (excludes halogenated alkanes) is 1. The van der Waals surface area contributed by atoms with E-state index >= 15 is 0 Å². The van der Waals surface area contributed by atoms with Crippen LogP contribution in [0.1, 0.15) is 79.2 Å². The molecule has 0 aromatic heterocycles. The maximum atomic E-state index is 12.9. The molecular weight excluding hydrogens is 592 g/mol. The molecule has 0 bridgehead atoms. The number of fused-ring (bicyclic) bond motifs is 1. The number of rotatable bonds is 15. The Hall–Kier alpha value is -4.19. The Labute approximate surface area is 271 Å². The lowest BCUT2D eigenvalue weighted by Gasteiger charge is -2.26. The maximum absolute atomic E-state index is 12.9. The van der Waals surface area contributed by atoms with Gasteiger partial charge in [0.15, 0.2) is 0 Å². The van der Waals surface area contributed by atoms with Gasteiger partial charge in [0.25, 0.3) is 0 Å². The number of urea groups is 1. The summed E-state index contributed by atoms with van der Waals surface area (Å²) in [5, 5.41) is 10.1. The van der Waals surface area contributed by atoms with Gasteiger partial charge < -0.3 is 35.9 Å². The van der Waals surface area contributed by atoms with Crippen LogP contribution in [0.5, 0.6) is 0 Å². The number of nitrogens with one attached hydrogen (secondary N) is 3. The summed E-state index contributed by atoms with van der Waals surface area (Å²) in [4.78, 5) is 62.9. The fourth-order valence-electron chi connectivity index (χ4n) is 4.55. The van der Waals surface area contributed by atoms with Crippen molar-refractivity contribution in [1.82, 2.24) is 16.0 Å². The lowest BCUT2D eigenvalue weighted by molar-refractivity contribution is -0.158. The predicted molar refractivity (Wildman–Crippen MR) is 175 cm³/mol. The molecule has 2 aromatic rings. The Bertz CT molecular complexity index is 1350. The van der Waals surface area contributed by atoms with Crippen LogP contribution in [-0.4, -0.2) is 72.8 Å². The molecule has 3 atom stereocenters. The third-order valence-corrected chi connectivity index (χ3v) is 6.67. The molecule has 5 N–H and O–H groups in total. The smallest absolute Gasteiger partial charge is 0.329 e. The number of carbonyl (C=O) groups excluding carboxylic acids is 5. The molecule has 12 nitrogen and oxygen atoms in total. The number of amides is 3. The summed E-state index contributed by atoms with van der Waals surface area (Å²) < 4.78 is 15.6. The largest absolute Gasteiger partial charge is 0.467 e. The average molecular weight is 643 g/mol. The van der Waals surface area contributed by atoms with Crippen LogP contribution in [-0.2, 0) is 39.8 Å². The zero-order valence-corrected chi connectivity index (χ0v) is 28.1. The van der Waals surface area contributed by atoms with E-state index in [0.29, 0.717) is 25.8 Å². The number of benzene rings is 2. The quantitative estimate of drug-likeness (QED) is 0.128. The number of nitrogens with two attached hydrogens (primary N) is 1. The maximum Gasteiger partial charge on any atom is 0.329 e. The van der Waals surface area contributed by atoms with E-state index in [1.807, 2.05) is 42.5 Å². The van der Waals surface area contributed by atoms with Gasteiger partial charge in [0.05, 0.1) is 13.2 Å². The summed E-state index contributed by atoms with van der Waals surface area (Å²) in [6, 6.07) is 10.2. The fraction of sp³-hybridized carbons (Fsp3) is 0.559. The van der Waals surface area contributed by atoms with Crippen molar-refractivity contribution in [2.24, 2.45) is 5.73 Å². The molecule has 0 spiro atoms. The van der Waals surface area contributed by atoms with E-state index in [4.69, 9.17) is 19.9 Å². The molecule has 254 valence electrons. The Morgan fingerprint density at radius 1 is 0.783 bits per heavy atom. The second-order valence-corrected chi connectivity index (χ2v) is 13.2. The Kier molecular flexibility index (Phi) is 14.4. The van der Waals surface area contributed by atoms with E-state index in [-0.39, 0.29) is 25.2 Å². The summed E-state index contributed by atoms with van der Waals surface area (Å²) >= 11 is 0. The second kappa shape index (κ2) is 17.5. The minimum Gasteiger partial charge on any atom is -0.467 e. The third kappa shape index (κ3) is 14.3. The number of esters is 3. The van der Waals surface area contributed by atoms with Gasteiger partial charge >= 0.3 is 23.9 Å². The molecule has 3 amide bonds.